The number of benzene rings is 1. The Hall–Kier alpha value is -2.10. The van der Waals surface area contributed by atoms with Crippen molar-refractivity contribution in [2.75, 3.05) is 6.54 Å². The predicted molar refractivity (Wildman–Crippen MR) is 79.3 cm³/mol. The number of amides is 1. The Morgan fingerprint density at radius 3 is 2.80 bits per heavy atom. The van der Waals surface area contributed by atoms with E-state index in [1.165, 1.54) is 5.56 Å². The quantitative estimate of drug-likeness (QED) is 0.787. The second-order valence-corrected chi connectivity index (χ2v) is 4.92. The largest absolute Gasteiger partial charge is 0.354 e. The molecule has 0 unspecified atom stereocenters. The summed E-state index contributed by atoms with van der Waals surface area (Å²) in [5, 5.41) is 2.97. The monoisotopic (exact) mass is 271 g/mol. The molecule has 0 radical (unpaired) electrons. The van der Waals surface area contributed by atoms with E-state index in [1.807, 2.05) is 13.0 Å². The van der Waals surface area contributed by atoms with Crippen LogP contribution in [0.4, 0.5) is 0 Å². The molecule has 1 heterocycles. The van der Waals surface area contributed by atoms with E-state index in [9.17, 15) is 4.79 Å². The Kier molecular flexibility index (Phi) is 5.35. The van der Waals surface area contributed by atoms with Gasteiger partial charge in [0.1, 0.15) is 6.04 Å². The summed E-state index contributed by atoms with van der Waals surface area (Å²) in [5.74, 6) is 0.0442. The number of nitrogens with zero attached hydrogens (tertiary/aromatic N) is 2. The number of hydrogen-bond acceptors (Lipinski definition) is 2. The lowest BCUT2D eigenvalue weighted by Crippen LogP contribution is -2.31. The topological polar surface area (TPSA) is 46.9 Å². The van der Waals surface area contributed by atoms with Crippen LogP contribution in [-0.4, -0.2) is 22.0 Å². The summed E-state index contributed by atoms with van der Waals surface area (Å²) in [7, 11) is 0. The zero-order chi connectivity index (χ0) is 14.2. The molecule has 1 N–H and O–H groups in total. The van der Waals surface area contributed by atoms with Gasteiger partial charge in [-0.05, 0) is 31.7 Å². The fourth-order valence-electron chi connectivity index (χ4n) is 2.09. The molecule has 1 aromatic heterocycles. The summed E-state index contributed by atoms with van der Waals surface area (Å²) in [6.45, 7) is 2.60. The standard InChI is InChI=1S/C16H21N3O/c1-14(19-12-11-17-13-19)16(20)18-10-6-5-9-15-7-3-2-4-8-15/h2-4,7-8,11-14H,5-6,9-10H2,1H3,(H,18,20)/t14-/m0/s1. The second kappa shape index (κ2) is 7.48. The van der Waals surface area contributed by atoms with Gasteiger partial charge < -0.3 is 9.88 Å². The first kappa shape index (κ1) is 14.3. The van der Waals surface area contributed by atoms with Crippen LogP contribution in [-0.2, 0) is 11.2 Å². The molecule has 2 rings (SSSR count). The minimum atomic E-state index is -0.202. The predicted octanol–water partition coefficient (Wildman–Crippen LogP) is 2.58. The first-order chi connectivity index (χ1) is 9.77. The van der Waals surface area contributed by atoms with Crippen molar-refractivity contribution in [1.82, 2.24) is 14.9 Å². The number of unbranched alkanes of at least 4 members (excludes halogenated alkanes) is 1. The Morgan fingerprint density at radius 1 is 1.30 bits per heavy atom. The van der Waals surface area contributed by atoms with Crippen LogP contribution in [0.2, 0.25) is 0 Å². The molecule has 106 valence electrons. The highest BCUT2D eigenvalue weighted by Gasteiger charge is 2.12. The number of carbonyl (C=O) groups excluding carboxylic acids is 1. The van der Waals surface area contributed by atoms with Crippen molar-refractivity contribution in [2.45, 2.75) is 32.2 Å². The van der Waals surface area contributed by atoms with Gasteiger partial charge in [0, 0.05) is 18.9 Å². The van der Waals surface area contributed by atoms with Gasteiger partial charge in [-0.15, -0.1) is 0 Å². The minimum absolute atomic E-state index is 0.0442. The molecule has 4 nitrogen and oxygen atoms in total. The van der Waals surface area contributed by atoms with Crippen LogP contribution in [0.5, 0.6) is 0 Å². The van der Waals surface area contributed by atoms with Crippen molar-refractivity contribution in [3.8, 4) is 0 Å². The summed E-state index contributed by atoms with van der Waals surface area (Å²) in [6, 6.07) is 10.2. The van der Waals surface area contributed by atoms with E-state index in [-0.39, 0.29) is 11.9 Å². The molecule has 0 aliphatic heterocycles. The van der Waals surface area contributed by atoms with E-state index in [4.69, 9.17) is 0 Å². The molecule has 20 heavy (non-hydrogen) atoms. The van der Waals surface area contributed by atoms with Crippen molar-refractivity contribution in [3.63, 3.8) is 0 Å². The molecule has 0 fully saturated rings. The number of carbonyl (C=O) groups is 1. The molecule has 0 spiro atoms. The van der Waals surface area contributed by atoms with Gasteiger partial charge in [-0.3, -0.25) is 4.79 Å². The van der Waals surface area contributed by atoms with Gasteiger partial charge in [0.05, 0.1) is 6.33 Å². The molecule has 1 amide bonds. The van der Waals surface area contributed by atoms with Gasteiger partial charge in [-0.1, -0.05) is 30.3 Å². The van der Waals surface area contributed by atoms with Crippen molar-refractivity contribution >= 4 is 5.91 Å². The van der Waals surface area contributed by atoms with Crippen LogP contribution in [0.15, 0.2) is 49.1 Å². The lowest BCUT2D eigenvalue weighted by Gasteiger charge is -2.13. The zero-order valence-corrected chi connectivity index (χ0v) is 11.8. The smallest absolute Gasteiger partial charge is 0.242 e. The Bertz CT molecular complexity index is 508. The molecule has 2 aromatic rings. The van der Waals surface area contributed by atoms with Crippen LogP contribution in [0, 0.1) is 0 Å². The maximum absolute atomic E-state index is 11.9. The van der Waals surface area contributed by atoms with Gasteiger partial charge >= 0.3 is 0 Å². The summed E-state index contributed by atoms with van der Waals surface area (Å²) in [5.41, 5.74) is 1.35. The van der Waals surface area contributed by atoms with Gasteiger partial charge in [-0.25, -0.2) is 4.98 Å². The highest BCUT2D eigenvalue weighted by Crippen LogP contribution is 2.06. The lowest BCUT2D eigenvalue weighted by atomic mass is 10.1. The number of aryl methyl sites for hydroxylation is 1. The van der Waals surface area contributed by atoms with Gasteiger partial charge in [0.15, 0.2) is 0 Å². The normalized spacial score (nSPS) is 12.1. The maximum Gasteiger partial charge on any atom is 0.242 e. The van der Waals surface area contributed by atoms with E-state index in [0.717, 1.165) is 25.8 Å². The molecule has 0 bridgehead atoms. The number of hydrogen-bond donors (Lipinski definition) is 1. The van der Waals surface area contributed by atoms with E-state index in [0.29, 0.717) is 0 Å². The summed E-state index contributed by atoms with van der Waals surface area (Å²) < 4.78 is 1.80. The zero-order valence-electron chi connectivity index (χ0n) is 11.8. The van der Waals surface area contributed by atoms with Gasteiger partial charge in [0.25, 0.3) is 0 Å². The summed E-state index contributed by atoms with van der Waals surface area (Å²) in [4.78, 5) is 15.9. The molecule has 0 saturated carbocycles. The minimum Gasteiger partial charge on any atom is -0.354 e. The van der Waals surface area contributed by atoms with Gasteiger partial charge in [-0.2, -0.15) is 0 Å². The third kappa shape index (κ3) is 4.23. The first-order valence-corrected chi connectivity index (χ1v) is 7.06. The fourth-order valence-corrected chi connectivity index (χ4v) is 2.09. The van der Waals surface area contributed by atoms with E-state index in [1.54, 1.807) is 23.3 Å². The number of aromatic nitrogens is 2. The second-order valence-electron chi connectivity index (χ2n) is 4.92. The van der Waals surface area contributed by atoms with Crippen LogP contribution in [0.1, 0.15) is 31.4 Å². The highest BCUT2D eigenvalue weighted by atomic mass is 16.2. The number of rotatable bonds is 7. The van der Waals surface area contributed by atoms with Crippen LogP contribution in [0.3, 0.4) is 0 Å². The summed E-state index contributed by atoms with van der Waals surface area (Å²) >= 11 is 0. The van der Waals surface area contributed by atoms with E-state index >= 15 is 0 Å². The summed E-state index contributed by atoms with van der Waals surface area (Å²) in [6.07, 6.45) is 8.30. The van der Waals surface area contributed by atoms with E-state index < -0.39 is 0 Å². The molecule has 1 aromatic carbocycles. The lowest BCUT2D eigenvalue weighted by molar-refractivity contribution is -0.123. The van der Waals surface area contributed by atoms with Crippen molar-refractivity contribution in [2.24, 2.45) is 0 Å². The Labute approximate surface area is 119 Å². The number of nitrogens with one attached hydrogen (secondary N) is 1. The average Bonchev–Trinajstić information content (AvgIpc) is 3.01. The van der Waals surface area contributed by atoms with Crippen molar-refractivity contribution in [3.05, 3.63) is 54.6 Å². The van der Waals surface area contributed by atoms with Gasteiger partial charge in [0.2, 0.25) is 5.91 Å². The van der Waals surface area contributed by atoms with Crippen molar-refractivity contribution < 1.29 is 4.79 Å². The van der Waals surface area contributed by atoms with Crippen molar-refractivity contribution in [1.29, 1.82) is 0 Å². The van der Waals surface area contributed by atoms with E-state index in [2.05, 4.69) is 34.6 Å². The molecule has 0 aliphatic rings. The Morgan fingerprint density at radius 2 is 2.10 bits per heavy atom. The maximum atomic E-state index is 11.9. The first-order valence-electron chi connectivity index (χ1n) is 7.06. The molecule has 0 saturated heterocycles. The van der Waals surface area contributed by atoms with Crippen LogP contribution < -0.4 is 5.32 Å². The fraction of sp³-hybridized carbons (Fsp3) is 0.375. The third-order valence-electron chi connectivity index (χ3n) is 3.39. The highest BCUT2D eigenvalue weighted by molar-refractivity contribution is 5.79. The SMILES string of the molecule is C[C@@H](C(=O)NCCCCc1ccccc1)n1ccnc1. The number of imidazole rings is 1. The Balaban J connectivity index is 1.62. The molecule has 4 heteroatoms. The molecular formula is C16H21N3O. The van der Waals surface area contributed by atoms with Crippen LogP contribution in [0.25, 0.3) is 0 Å². The molecule has 1 atom stereocenters. The molecule has 0 aliphatic carbocycles. The third-order valence-corrected chi connectivity index (χ3v) is 3.39. The van der Waals surface area contributed by atoms with Crippen LogP contribution >= 0.6 is 0 Å². The molecular weight excluding hydrogens is 250 g/mol. The average molecular weight is 271 g/mol.